The molecule has 2 saturated heterocycles. The van der Waals surface area contributed by atoms with Gasteiger partial charge in [-0.1, -0.05) is 18.6 Å². The zero-order valence-electron chi connectivity index (χ0n) is 9.94. The molecule has 2 nitrogen and oxygen atoms in total. The van der Waals surface area contributed by atoms with E-state index in [1.54, 1.807) is 12.1 Å². The van der Waals surface area contributed by atoms with Gasteiger partial charge < -0.3 is 4.74 Å². The molecule has 2 aliphatic heterocycles. The highest BCUT2D eigenvalue weighted by Gasteiger charge is 2.34. The number of hydrogen-bond donors (Lipinski definition) is 0. The highest BCUT2D eigenvalue weighted by molar-refractivity contribution is 5.16. The van der Waals surface area contributed by atoms with Gasteiger partial charge in [-0.25, -0.2) is 4.39 Å². The van der Waals surface area contributed by atoms with Crippen LogP contribution in [0.2, 0.25) is 0 Å². The van der Waals surface area contributed by atoms with Crippen LogP contribution in [-0.4, -0.2) is 30.2 Å². The Morgan fingerprint density at radius 1 is 1.12 bits per heavy atom. The summed E-state index contributed by atoms with van der Waals surface area (Å²) in [5.74, 6) is -0.157. The van der Waals surface area contributed by atoms with Gasteiger partial charge in [0.25, 0.3) is 0 Å². The van der Waals surface area contributed by atoms with Gasteiger partial charge in [0.1, 0.15) is 5.82 Å². The molecule has 1 aromatic carbocycles. The Labute approximate surface area is 101 Å². The Morgan fingerprint density at radius 2 is 1.76 bits per heavy atom. The van der Waals surface area contributed by atoms with Gasteiger partial charge in [-0.05, 0) is 30.5 Å². The Balaban J connectivity index is 1.73. The van der Waals surface area contributed by atoms with Crippen molar-refractivity contribution in [2.24, 2.45) is 0 Å². The van der Waals surface area contributed by atoms with Crippen LogP contribution in [0.1, 0.15) is 24.8 Å². The lowest BCUT2D eigenvalue weighted by Gasteiger charge is -2.45. The Bertz CT molecular complexity index is 356. The first kappa shape index (κ1) is 11.2. The fourth-order valence-corrected chi connectivity index (χ4v) is 2.98. The van der Waals surface area contributed by atoms with E-state index in [1.807, 2.05) is 12.1 Å². The number of nitrogens with zero attached hydrogens (tertiary/aromatic N) is 1. The van der Waals surface area contributed by atoms with E-state index in [9.17, 15) is 4.39 Å². The fraction of sp³-hybridized carbons (Fsp3) is 0.571. The van der Waals surface area contributed by atoms with E-state index in [1.165, 1.54) is 24.8 Å². The lowest BCUT2D eigenvalue weighted by Crippen LogP contribution is -2.54. The predicted octanol–water partition coefficient (Wildman–Crippen LogP) is 2.58. The molecule has 2 aliphatic rings. The van der Waals surface area contributed by atoms with Gasteiger partial charge in [0.2, 0.25) is 0 Å². The van der Waals surface area contributed by atoms with Gasteiger partial charge >= 0.3 is 0 Å². The van der Waals surface area contributed by atoms with E-state index < -0.39 is 0 Å². The molecule has 0 N–H and O–H groups in total. The summed E-state index contributed by atoms with van der Waals surface area (Å²) in [6.45, 7) is 2.65. The minimum Gasteiger partial charge on any atom is -0.378 e. The highest BCUT2D eigenvalue weighted by atomic mass is 19.1. The van der Waals surface area contributed by atoms with Crippen LogP contribution in [-0.2, 0) is 11.3 Å². The van der Waals surface area contributed by atoms with Gasteiger partial charge in [-0.2, -0.15) is 0 Å². The van der Waals surface area contributed by atoms with Crippen LogP contribution >= 0.6 is 0 Å². The molecule has 92 valence electrons. The van der Waals surface area contributed by atoms with E-state index in [2.05, 4.69) is 4.90 Å². The average molecular weight is 235 g/mol. The third-order valence-corrected chi connectivity index (χ3v) is 3.91. The number of halogens is 1. The molecule has 2 fully saturated rings. The maximum absolute atomic E-state index is 12.9. The van der Waals surface area contributed by atoms with Crippen molar-refractivity contribution >= 4 is 0 Å². The fourth-order valence-electron chi connectivity index (χ4n) is 2.98. The van der Waals surface area contributed by atoms with Gasteiger partial charge in [-0.15, -0.1) is 0 Å². The summed E-state index contributed by atoms with van der Waals surface area (Å²) in [5, 5.41) is 0. The molecule has 0 aliphatic carbocycles. The van der Waals surface area contributed by atoms with Crippen molar-refractivity contribution in [2.75, 3.05) is 13.2 Å². The van der Waals surface area contributed by atoms with E-state index in [4.69, 9.17) is 4.74 Å². The molecule has 0 aromatic heterocycles. The van der Waals surface area contributed by atoms with Gasteiger partial charge in [0.15, 0.2) is 0 Å². The lowest BCUT2D eigenvalue weighted by molar-refractivity contribution is -0.0774. The highest BCUT2D eigenvalue weighted by Crippen LogP contribution is 2.28. The van der Waals surface area contributed by atoms with Crippen LogP contribution in [0.15, 0.2) is 24.3 Å². The number of hydrogen-bond acceptors (Lipinski definition) is 2. The van der Waals surface area contributed by atoms with Crippen LogP contribution in [0.25, 0.3) is 0 Å². The second-order valence-corrected chi connectivity index (χ2v) is 5.07. The monoisotopic (exact) mass is 235 g/mol. The number of fused-ring (bicyclic) bond motifs is 2. The molecule has 0 spiro atoms. The van der Waals surface area contributed by atoms with Gasteiger partial charge in [0, 0.05) is 18.6 Å². The summed E-state index contributed by atoms with van der Waals surface area (Å²) in [6, 6.07) is 8.00. The second-order valence-electron chi connectivity index (χ2n) is 5.07. The van der Waals surface area contributed by atoms with E-state index in [0.29, 0.717) is 12.1 Å². The molecule has 17 heavy (non-hydrogen) atoms. The van der Waals surface area contributed by atoms with Gasteiger partial charge in [-0.3, -0.25) is 4.90 Å². The number of ether oxygens (including phenoxy) is 1. The van der Waals surface area contributed by atoms with Crippen molar-refractivity contribution in [3.05, 3.63) is 35.6 Å². The molecular formula is C14H18FNO. The summed E-state index contributed by atoms with van der Waals surface area (Å²) >= 11 is 0. The van der Waals surface area contributed by atoms with Crippen molar-refractivity contribution in [3.63, 3.8) is 0 Å². The first-order chi connectivity index (χ1) is 8.33. The van der Waals surface area contributed by atoms with Crippen LogP contribution in [0, 0.1) is 5.82 Å². The Kier molecular flexibility index (Phi) is 3.12. The molecule has 3 heteroatoms. The van der Waals surface area contributed by atoms with Crippen molar-refractivity contribution in [1.29, 1.82) is 0 Å². The molecule has 0 amide bonds. The first-order valence-electron chi connectivity index (χ1n) is 6.41. The number of morpholine rings is 1. The molecular weight excluding hydrogens is 217 g/mol. The Morgan fingerprint density at radius 3 is 2.41 bits per heavy atom. The van der Waals surface area contributed by atoms with Crippen LogP contribution in [0.3, 0.4) is 0 Å². The molecule has 0 saturated carbocycles. The van der Waals surface area contributed by atoms with Crippen molar-refractivity contribution in [2.45, 2.75) is 37.9 Å². The van der Waals surface area contributed by atoms with E-state index in [-0.39, 0.29) is 5.82 Å². The zero-order valence-corrected chi connectivity index (χ0v) is 9.94. The van der Waals surface area contributed by atoms with Crippen molar-refractivity contribution in [1.82, 2.24) is 4.90 Å². The van der Waals surface area contributed by atoms with Crippen molar-refractivity contribution < 1.29 is 9.13 Å². The summed E-state index contributed by atoms with van der Waals surface area (Å²) in [5.41, 5.74) is 1.20. The average Bonchev–Trinajstić information content (AvgIpc) is 2.32. The zero-order chi connectivity index (χ0) is 11.7. The number of benzene rings is 1. The summed E-state index contributed by atoms with van der Waals surface area (Å²) < 4.78 is 18.5. The third-order valence-electron chi connectivity index (χ3n) is 3.91. The molecule has 2 unspecified atom stereocenters. The lowest BCUT2D eigenvalue weighted by atomic mass is 9.93. The standard InChI is InChI=1S/C14H18FNO/c15-12-6-4-11(5-7-12)8-16-13-2-1-3-14(16)10-17-9-13/h4-7,13-14H,1-3,8-10H2. The molecule has 1 aromatic rings. The topological polar surface area (TPSA) is 12.5 Å². The van der Waals surface area contributed by atoms with E-state index >= 15 is 0 Å². The normalized spacial score (nSPS) is 29.2. The number of rotatable bonds is 2. The quantitative estimate of drug-likeness (QED) is 0.781. The van der Waals surface area contributed by atoms with E-state index in [0.717, 1.165) is 19.8 Å². The maximum Gasteiger partial charge on any atom is 0.123 e. The molecule has 3 rings (SSSR count). The second kappa shape index (κ2) is 4.75. The smallest absolute Gasteiger partial charge is 0.123 e. The van der Waals surface area contributed by atoms with Crippen LogP contribution in [0.4, 0.5) is 4.39 Å². The minimum atomic E-state index is -0.157. The molecule has 2 bridgehead atoms. The Hall–Kier alpha value is -0.930. The number of piperidine rings is 1. The largest absolute Gasteiger partial charge is 0.378 e. The first-order valence-corrected chi connectivity index (χ1v) is 6.41. The summed E-state index contributed by atoms with van der Waals surface area (Å²) in [7, 11) is 0. The molecule has 0 radical (unpaired) electrons. The third kappa shape index (κ3) is 2.35. The SMILES string of the molecule is Fc1ccc(CN2C3CCCC2COC3)cc1. The molecule has 2 atom stereocenters. The van der Waals surface area contributed by atoms with Crippen LogP contribution < -0.4 is 0 Å². The predicted molar refractivity (Wildman–Crippen MR) is 64.2 cm³/mol. The minimum absolute atomic E-state index is 0.157. The summed E-state index contributed by atoms with van der Waals surface area (Å²) in [4.78, 5) is 2.54. The summed E-state index contributed by atoms with van der Waals surface area (Å²) in [6.07, 6.45) is 3.79. The molecule has 2 heterocycles. The maximum atomic E-state index is 12.9. The van der Waals surface area contributed by atoms with Crippen LogP contribution in [0.5, 0.6) is 0 Å². The van der Waals surface area contributed by atoms with Crippen molar-refractivity contribution in [3.8, 4) is 0 Å². The van der Waals surface area contributed by atoms with Gasteiger partial charge in [0.05, 0.1) is 13.2 Å².